The number of nitrogens with zero attached hydrogens (tertiary/aromatic N) is 5. The number of benzene rings is 1. The van der Waals surface area contributed by atoms with Crippen LogP contribution in [-0.4, -0.2) is 42.7 Å². The molecule has 0 spiro atoms. The van der Waals surface area contributed by atoms with Crippen molar-refractivity contribution in [2.75, 3.05) is 7.11 Å². The molecule has 0 aliphatic heterocycles. The summed E-state index contributed by atoms with van der Waals surface area (Å²) in [5, 5.41) is 0. The van der Waals surface area contributed by atoms with Crippen molar-refractivity contribution in [2.24, 2.45) is 7.05 Å². The highest BCUT2D eigenvalue weighted by Crippen LogP contribution is 2.31. The Kier molecular flexibility index (Phi) is 6.92. The maximum Gasteiger partial charge on any atom is 0.333 e. The van der Waals surface area contributed by atoms with E-state index in [1.807, 2.05) is 38.1 Å². The highest BCUT2D eigenvalue weighted by molar-refractivity contribution is 5.84. The van der Waals surface area contributed by atoms with Gasteiger partial charge in [0.15, 0.2) is 22.8 Å². The molecule has 4 aromatic rings. The van der Waals surface area contributed by atoms with E-state index in [0.717, 1.165) is 10.1 Å². The molecule has 0 aliphatic rings. The fraction of sp³-hybridized carbons (Fsp3) is 0.423. The molecule has 0 unspecified atom stereocenters. The van der Waals surface area contributed by atoms with E-state index in [1.54, 1.807) is 28.0 Å². The molecule has 37 heavy (non-hydrogen) atoms. The number of carbonyl (C=O) groups is 1. The quantitative estimate of drug-likeness (QED) is 0.337. The van der Waals surface area contributed by atoms with Crippen molar-refractivity contribution in [3.05, 3.63) is 63.1 Å². The minimum atomic E-state index is -1.41. The van der Waals surface area contributed by atoms with Crippen LogP contribution in [0.2, 0.25) is 0 Å². The minimum absolute atomic E-state index is 0.00415. The van der Waals surface area contributed by atoms with Crippen LogP contribution in [-0.2, 0) is 28.7 Å². The zero-order valence-corrected chi connectivity index (χ0v) is 22.0. The topological polar surface area (TPSA) is 123 Å². The van der Waals surface area contributed by atoms with Crippen molar-refractivity contribution in [1.29, 1.82) is 0 Å². The van der Waals surface area contributed by atoms with Crippen molar-refractivity contribution in [1.82, 2.24) is 23.7 Å². The van der Waals surface area contributed by atoms with E-state index >= 15 is 0 Å². The van der Waals surface area contributed by atoms with E-state index in [1.165, 1.54) is 28.5 Å². The molecule has 0 bridgehead atoms. The molecule has 0 saturated heterocycles. The predicted octanol–water partition coefficient (Wildman–Crippen LogP) is 3.05. The lowest BCUT2D eigenvalue weighted by atomic mass is 10.00. The maximum atomic E-state index is 14.0. The molecule has 3 aromatic heterocycles. The molecular weight excluding hydrogens is 478 g/mol. The average molecular weight is 510 g/mol. The van der Waals surface area contributed by atoms with Crippen LogP contribution in [0.5, 0.6) is 5.75 Å². The first-order chi connectivity index (χ1) is 17.5. The third kappa shape index (κ3) is 4.50. The van der Waals surface area contributed by atoms with Crippen molar-refractivity contribution >= 4 is 16.9 Å². The maximum absolute atomic E-state index is 14.0. The van der Waals surface area contributed by atoms with Gasteiger partial charge in [-0.25, -0.2) is 19.3 Å². The number of methoxy groups -OCH3 is 1. The lowest BCUT2D eigenvalue weighted by Gasteiger charge is -2.27. The van der Waals surface area contributed by atoms with E-state index in [9.17, 15) is 14.4 Å². The summed E-state index contributed by atoms with van der Waals surface area (Å²) in [6.45, 7) is 8.22. The lowest BCUT2D eigenvalue weighted by Crippen LogP contribution is -2.52. The SMILES string of the molecule is COc1ccccc1[C@H](Cn1c(=O)n(C(C)(C)C(C)=O)c(=O)c2c1nc(-c1ncco1)n2C)OC(C)C. The van der Waals surface area contributed by atoms with Crippen LogP contribution in [0.1, 0.15) is 46.3 Å². The molecule has 1 atom stereocenters. The molecule has 1 aromatic carbocycles. The fourth-order valence-electron chi connectivity index (χ4n) is 4.30. The first-order valence-corrected chi connectivity index (χ1v) is 11.9. The van der Waals surface area contributed by atoms with Gasteiger partial charge in [0.05, 0.1) is 26.0 Å². The molecule has 11 nitrogen and oxygen atoms in total. The number of para-hydroxylation sites is 1. The number of aromatic nitrogens is 5. The number of oxazole rings is 1. The van der Waals surface area contributed by atoms with Gasteiger partial charge in [-0.15, -0.1) is 0 Å². The molecule has 196 valence electrons. The number of fused-ring (bicyclic) bond motifs is 1. The fourth-order valence-corrected chi connectivity index (χ4v) is 4.30. The second kappa shape index (κ2) is 9.81. The second-order valence-electron chi connectivity index (χ2n) is 9.57. The van der Waals surface area contributed by atoms with Crippen LogP contribution in [0.4, 0.5) is 0 Å². The number of ether oxygens (including phenoxy) is 2. The van der Waals surface area contributed by atoms with Crippen LogP contribution in [0.15, 0.2) is 50.7 Å². The Balaban J connectivity index is 2.06. The normalized spacial score (nSPS) is 12.9. The smallest absolute Gasteiger partial charge is 0.333 e. The molecule has 0 N–H and O–H groups in total. The first-order valence-electron chi connectivity index (χ1n) is 11.9. The van der Waals surface area contributed by atoms with Crippen LogP contribution >= 0.6 is 0 Å². The van der Waals surface area contributed by atoms with Gasteiger partial charge < -0.3 is 18.5 Å². The Morgan fingerprint density at radius 2 is 1.89 bits per heavy atom. The van der Waals surface area contributed by atoms with Gasteiger partial charge in [-0.1, -0.05) is 18.2 Å². The Morgan fingerprint density at radius 3 is 2.49 bits per heavy atom. The zero-order chi connectivity index (χ0) is 27.1. The lowest BCUT2D eigenvalue weighted by molar-refractivity contribution is -0.124. The number of aryl methyl sites for hydroxylation is 1. The Bertz CT molecular complexity index is 1560. The molecule has 11 heteroatoms. The molecular formula is C26H31N5O6. The van der Waals surface area contributed by atoms with Crippen molar-refractivity contribution in [3.63, 3.8) is 0 Å². The second-order valence-corrected chi connectivity index (χ2v) is 9.57. The van der Waals surface area contributed by atoms with Gasteiger partial charge in [0.2, 0.25) is 0 Å². The van der Waals surface area contributed by atoms with Gasteiger partial charge in [0.1, 0.15) is 23.7 Å². The third-order valence-corrected chi connectivity index (χ3v) is 6.48. The monoisotopic (exact) mass is 509 g/mol. The number of carbonyl (C=O) groups excluding carboxylic acids is 1. The third-order valence-electron chi connectivity index (χ3n) is 6.48. The van der Waals surface area contributed by atoms with E-state index in [-0.39, 0.29) is 41.3 Å². The number of hydrogen-bond acceptors (Lipinski definition) is 8. The molecule has 0 saturated carbocycles. The van der Waals surface area contributed by atoms with E-state index in [0.29, 0.717) is 5.75 Å². The molecule has 3 heterocycles. The molecule has 0 fully saturated rings. The highest BCUT2D eigenvalue weighted by Gasteiger charge is 2.34. The summed E-state index contributed by atoms with van der Waals surface area (Å²) >= 11 is 0. The number of imidazole rings is 1. The summed E-state index contributed by atoms with van der Waals surface area (Å²) in [5.74, 6) is 0.708. The van der Waals surface area contributed by atoms with Crippen LogP contribution in [0.3, 0.4) is 0 Å². The van der Waals surface area contributed by atoms with Gasteiger partial charge in [-0.2, -0.15) is 0 Å². The molecule has 0 radical (unpaired) electrons. The van der Waals surface area contributed by atoms with Gasteiger partial charge in [0.25, 0.3) is 11.4 Å². The predicted molar refractivity (Wildman–Crippen MR) is 137 cm³/mol. The highest BCUT2D eigenvalue weighted by atomic mass is 16.5. The molecule has 4 rings (SSSR count). The van der Waals surface area contributed by atoms with Crippen LogP contribution < -0.4 is 16.0 Å². The molecule has 0 amide bonds. The summed E-state index contributed by atoms with van der Waals surface area (Å²) in [4.78, 5) is 49.0. The summed E-state index contributed by atoms with van der Waals surface area (Å²) in [6, 6.07) is 7.37. The van der Waals surface area contributed by atoms with Crippen molar-refractivity contribution in [3.8, 4) is 17.5 Å². The number of rotatable bonds is 9. The van der Waals surface area contributed by atoms with Gasteiger partial charge in [-0.05, 0) is 40.7 Å². The summed E-state index contributed by atoms with van der Waals surface area (Å²) in [7, 11) is 3.20. The van der Waals surface area contributed by atoms with Crippen LogP contribution in [0.25, 0.3) is 22.9 Å². The number of Topliss-reactive ketones (excluding diaryl/α,β-unsaturated/α-hetero) is 1. The summed E-state index contributed by atoms with van der Waals surface area (Å²) in [5.41, 5.74) is -1.73. The minimum Gasteiger partial charge on any atom is -0.496 e. The Hall–Kier alpha value is -3.99. The first kappa shape index (κ1) is 26.1. The van der Waals surface area contributed by atoms with Gasteiger partial charge in [-0.3, -0.25) is 14.2 Å². The van der Waals surface area contributed by atoms with Gasteiger partial charge >= 0.3 is 5.69 Å². The summed E-state index contributed by atoms with van der Waals surface area (Å²) in [6.07, 6.45) is 2.04. The van der Waals surface area contributed by atoms with E-state index in [2.05, 4.69) is 9.97 Å². The average Bonchev–Trinajstić information content (AvgIpc) is 3.48. The Morgan fingerprint density at radius 1 is 1.19 bits per heavy atom. The Labute approximate surface area is 213 Å². The van der Waals surface area contributed by atoms with E-state index < -0.39 is 22.9 Å². The largest absolute Gasteiger partial charge is 0.496 e. The van der Waals surface area contributed by atoms with Gasteiger partial charge in [0, 0.05) is 12.6 Å². The van der Waals surface area contributed by atoms with Crippen molar-refractivity contribution < 1.29 is 18.7 Å². The van der Waals surface area contributed by atoms with Crippen molar-refractivity contribution in [2.45, 2.75) is 58.9 Å². The zero-order valence-electron chi connectivity index (χ0n) is 22.0. The summed E-state index contributed by atoms with van der Waals surface area (Å²) < 4.78 is 21.1. The van der Waals surface area contributed by atoms with Crippen LogP contribution in [0, 0.1) is 0 Å². The standard InChI is InChI=1S/C26H31N5O6/c1-15(2)37-19(17-10-8-9-11-18(17)35-7)14-30-21-20(29(6)22(28-21)23-27-12-13-36-23)24(33)31(25(30)34)26(4,5)16(3)32/h8-13,15,19H,14H2,1-7H3/t19-/m0/s1. The number of ketones is 1. The van der Waals surface area contributed by atoms with E-state index in [4.69, 9.17) is 13.9 Å². The molecule has 0 aliphatic carbocycles. The number of hydrogen-bond donors (Lipinski definition) is 0.